The van der Waals surface area contributed by atoms with Gasteiger partial charge in [0.05, 0.1) is 12.6 Å². The van der Waals surface area contributed by atoms with Gasteiger partial charge in [0.1, 0.15) is 5.60 Å². The molecule has 1 rings (SSSR count). The van der Waals surface area contributed by atoms with Crippen molar-refractivity contribution in [2.75, 3.05) is 13.1 Å². The molecule has 1 heterocycles. The fourth-order valence-electron chi connectivity index (χ4n) is 2.11. The van der Waals surface area contributed by atoms with E-state index in [-0.39, 0.29) is 23.3 Å². The van der Waals surface area contributed by atoms with Crippen molar-refractivity contribution in [2.24, 2.45) is 5.73 Å². The second-order valence-electron chi connectivity index (χ2n) is 8.80. The zero-order valence-electron chi connectivity index (χ0n) is 15.5. The molecule has 6 heteroatoms. The molecule has 1 saturated heterocycles. The van der Waals surface area contributed by atoms with Crippen LogP contribution in [0.5, 0.6) is 0 Å². The highest BCUT2D eigenvalue weighted by molar-refractivity contribution is 6.74. The molecule has 1 fully saturated rings. The van der Waals surface area contributed by atoms with E-state index in [1.807, 2.05) is 20.8 Å². The second kappa shape index (κ2) is 6.49. The normalized spacial score (nSPS) is 24.3. The average Bonchev–Trinajstić information content (AvgIpc) is 2.27. The Hall–Kier alpha value is -0.593. The van der Waals surface area contributed by atoms with E-state index in [1.165, 1.54) is 0 Å². The minimum absolute atomic E-state index is 0.0205. The number of carbonyl (C=O) groups excluding carboxylic acids is 1. The van der Waals surface area contributed by atoms with E-state index in [4.69, 9.17) is 14.9 Å². The van der Waals surface area contributed by atoms with Crippen LogP contribution >= 0.6 is 0 Å². The van der Waals surface area contributed by atoms with Crippen LogP contribution < -0.4 is 5.73 Å². The molecule has 0 aromatic heterocycles. The van der Waals surface area contributed by atoms with Gasteiger partial charge in [-0.3, -0.25) is 0 Å². The molecule has 0 aliphatic carbocycles. The Morgan fingerprint density at radius 2 is 1.73 bits per heavy atom. The van der Waals surface area contributed by atoms with Crippen molar-refractivity contribution in [3.63, 3.8) is 0 Å². The average molecular weight is 331 g/mol. The fourth-order valence-corrected chi connectivity index (χ4v) is 3.47. The van der Waals surface area contributed by atoms with Gasteiger partial charge in [-0.05, 0) is 45.3 Å². The van der Waals surface area contributed by atoms with Crippen molar-refractivity contribution in [3.05, 3.63) is 0 Å². The van der Waals surface area contributed by atoms with Crippen LogP contribution in [0, 0.1) is 0 Å². The van der Waals surface area contributed by atoms with Crippen LogP contribution in [0.1, 0.15) is 48.0 Å². The summed E-state index contributed by atoms with van der Waals surface area (Å²) in [6.07, 6.45) is 0.365. The molecule has 1 aliphatic rings. The summed E-state index contributed by atoms with van der Waals surface area (Å²) in [5, 5.41) is 0.126. The first-order valence-electron chi connectivity index (χ1n) is 8.14. The number of likely N-dealkylation sites (tertiary alicyclic amines) is 1. The van der Waals surface area contributed by atoms with Crippen LogP contribution in [0.25, 0.3) is 0 Å². The number of nitrogens with zero attached hydrogens (tertiary/aromatic N) is 1. The molecule has 1 amide bonds. The minimum Gasteiger partial charge on any atom is -0.444 e. The maximum Gasteiger partial charge on any atom is 0.410 e. The third kappa shape index (κ3) is 5.24. The molecule has 1 aliphatic heterocycles. The molecule has 0 bridgehead atoms. The van der Waals surface area contributed by atoms with Crippen LogP contribution in [0.3, 0.4) is 0 Å². The van der Waals surface area contributed by atoms with Gasteiger partial charge in [0, 0.05) is 12.6 Å². The molecular formula is C16H34N2O3Si. The van der Waals surface area contributed by atoms with Gasteiger partial charge in [0.25, 0.3) is 0 Å². The van der Waals surface area contributed by atoms with E-state index < -0.39 is 13.9 Å². The first kappa shape index (κ1) is 19.5. The Morgan fingerprint density at radius 1 is 1.18 bits per heavy atom. The van der Waals surface area contributed by atoms with Gasteiger partial charge in [-0.2, -0.15) is 0 Å². The lowest BCUT2D eigenvalue weighted by molar-refractivity contribution is 0.00186. The third-order valence-electron chi connectivity index (χ3n) is 4.51. The predicted octanol–water partition coefficient (Wildman–Crippen LogP) is 3.34. The lowest BCUT2D eigenvalue weighted by Gasteiger charge is -2.44. The number of hydrogen-bond donors (Lipinski definition) is 1. The van der Waals surface area contributed by atoms with E-state index in [0.29, 0.717) is 13.1 Å². The third-order valence-corrected chi connectivity index (χ3v) is 9.02. The molecule has 22 heavy (non-hydrogen) atoms. The Bertz CT molecular complexity index is 399. The Morgan fingerprint density at radius 3 is 2.18 bits per heavy atom. The van der Waals surface area contributed by atoms with E-state index in [1.54, 1.807) is 4.90 Å². The topological polar surface area (TPSA) is 64.8 Å². The number of nitrogens with two attached hydrogens (primary N) is 1. The van der Waals surface area contributed by atoms with E-state index in [0.717, 1.165) is 6.42 Å². The van der Waals surface area contributed by atoms with Crippen molar-refractivity contribution in [3.8, 4) is 0 Å². The van der Waals surface area contributed by atoms with Gasteiger partial charge in [0.2, 0.25) is 0 Å². The molecule has 2 atom stereocenters. The van der Waals surface area contributed by atoms with Crippen LogP contribution in [0.2, 0.25) is 18.1 Å². The van der Waals surface area contributed by atoms with Crippen molar-refractivity contribution in [1.29, 1.82) is 0 Å². The maximum absolute atomic E-state index is 12.2. The molecule has 0 saturated carbocycles. The molecule has 0 aromatic rings. The highest BCUT2D eigenvalue weighted by Gasteiger charge is 2.42. The Balaban J connectivity index is 2.74. The minimum atomic E-state index is -1.90. The first-order valence-corrected chi connectivity index (χ1v) is 11.0. The molecule has 0 radical (unpaired) electrons. The molecule has 130 valence electrons. The summed E-state index contributed by atoms with van der Waals surface area (Å²) in [5.74, 6) is 0. The van der Waals surface area contributed by atoms with E-state index >= 15 is 0 Å². The van der Waals surface area contributed by atoms with Crippen molar-refractivity contribution in [1.82, 2.24) is 4.90 Å². The summed E-state index contributed by atoms with van der Waals surface area (Å²) in [4.78, 5) is 14.0. The first-order chi connectivity index (χ1) is 9.73. The summed E-state index contributed by atoms with van der Waals surface area (Å²) < 4.78 is 11.9. The molecule has 0 aromatic carbocycles. The fraction of sp³-hybridized carbons (Fsp3) is 0.938. The molecule has 0 spiro atoms. The van der Waals surface area contributed by atoms with Crippen LogP contribution in [0.15, 0.2) is 0 Å². The summed E-state index contributed by atoms with van der Waals surface area (Å²) >= 11 is 0. The maximum atomic E-state index is 12.2. The second-order valence-corrected chi connectivity index (χ2v) is 13.6. The van der Waals surface area contributed by atoms with Crippen LogP contribution in [0.4, 0.5) is 4.79 Å². The Kier molecular flexibility index (Phi) is 5.74. The smallest absolute Gasteiger partial charge is 0.410 e. The van der Waals surface area contributed by atoms with Crippen molar-refractivity contribution >= 4 is 14.4 Å². The number of rotatable bonds is 2. The standard InChI is InChI=1S/C16H34N2O3Si/c1-15(2,3)20-14(19)18-10-9-12(17)13(11-18)21-22(7,8)16(4,5)6/h12-13H,9-11,17H2,1-8H3. The number of carbonyl (C=O) groups is 1. The zero-order chi connectivity index (χ0) is 17.3. The summed E-state index contributed by atoms with van der Waals surface area (Å²) in [6.45, 7) is 17.8. The number of ether oxygens (including phenoxy) is 1. The monoisotopic (exact) mass is 330 g/mol. The van der Waals surface area contributed by atoms with Gasteiger partial charge in [0.15, 0.2) is 8.32 Å². The van der Waals surface area contributed by atoms with Crippen molar-refractivity contribution in [2.45, 2.75) is 83.8 Å². The molecular weight excluding hydrogens is 296 g/mol. The molecule has 2 unspecified atom stereocenters. The summed E-state index contributed by atoms with van der Waals surface area (Å²) in [7, 11) is -1.90. The molecule has 2 N–H and O–H groups in total. The number of piperidine rings is 1. The highest BCUT2D eigenvalue weighted by atomic mass is 28.4. The lowest BCUT2D eigenvalue weighted by Crippen LogP contribution is -2.58. The summed E-state index contributed by atoms with van der Waals surface area (Å²) in [6, 6.07) is -0.0205. The van der Waals surface area contributed by atoms with Crippen LogP contribution in [-0.4, -0.2) is 50.1 Å². The van der Waals surface area contributed by atoms with Crippen LogP contribution in [-0.2, 0) is 9.16 Å². The largest absolute Gasteiger partial charge is 0.444 e. The van der Waals surface area contributed by atoms with Gasteiger partial charge >= 0.3 is 6.09 Å². The van der Waals surface area contributed by atoms with E-state index in [2.05, 4.69) is 33.9 Å². The number of hydrogen-bond acceptors (Lipinski definition) is 4. The van der Waals surface area contributed by atoms with Gasteiger partial charge in [-0.15, -0.1) is 0 Å². The Labute approximate surface area is 136 Å². The highest BCUT2D eigenvalue weighted by Crippen LogP contribution is 2.38. The predicted molar refractivity (Wildman–Crippen MR) is 92.5 cm³/mol. The SMILES string of the molecule is CC(C)(C)OC(=O)N1CCC(N)C(O[Si](C)(C)C(C)(C)C)C1. The molecule has 5 nitrogen and oxygen atoms in total. The lowest BCUT2D eigenvalue weighted by atomic mass is 10.0. The van der Waals surface area contributed by atoms with Gasteiger partial charge in [-0.1, -0.05) is 20.8 Å². The van der Waals surface area contributed by atoms with Gasteiger partial charge < -0.3 is 19.8 Å². The van der Waals surface area contributed by atoms with Gasteiger partial charge in [-0.25, -0.2) is 4.79 Å². The number of amides is 1. The summed E-state index contributed by atoms with van der Waals surface area (Å²) in [5.41, 5.74) is 5.76. The quantitative estimate of drug-likeness (QED) is 0.789. The zero-order valence-corrected chi connectivity index (χ0v) is 16.5. The van der Waals surface area contributed by atoms with E-state index in [9.17, 15) is 4.79 Å². The van der Waals surface area contributed by atoms with Crippen molar-refractivity contribution < 1.29 is 14.0 Å².